The second-order valence-electron chi connectivity index (χ2n) is 6.17. The van der Waals surface area contributed by atoms with Crippen LogP contribution in [-0.2, 0) is 11.4 Å². The topological polar surface area (TPSA) is 108 Å². The highest BCUT2D eigenvalue weighted by Gasteiger charge is 2.10. The van der Waals surface area contributed by atoms with Crippen LogP contribution in [0.3, 0.4) is 0 Å². The maximum absolute atomic E-state index is 12.1. The molecule has 0 aliphatic carbocycles. The molecule has 0 radical (unpaired) electrons. The SMILES string of the molecule is Cc1ncc(CO)c(/C=N\NC(=O)CSc2cc(C)c3ccccc3n2)c1O. The number of aliphatic hydroxyl groups excluding tert-OH is 1. The Morgan fingerprint density at radius 3 is 2.89 bits per heavy atom. The van der Waals surface area contributed by atoms with Gasteiger partial charge in [0.05, 0.1) is 34.8 Å². The second-order valence-corrected chi connectivity index (χ2v) is 7.16. The molecule has 0 aliphatic rings. The lowest BCUT2D eigenvalue weighted by atomic mass is 10.1. The molecule has 8 heteroatoms. The Morgan fingerprint density at radius 1 is 1.32 bits per heavy atom. The lowest BCUT2D eigenvalue weighted by Crippen LogP contribution is -2.19. The molecule has 0 spiro atoms. The van der Waals surface area contributed by atoms with Crippen molar-refractivity contribution in [3.63, 3.8) is 0 Å². The standard InChI is InChI=1S/C20H20N4O3S/c1-12-7-19(23-17-6-4-3-5-15(12)17)28-11-18(26)24-22-9-16-14(10-25)8-21-13(2)20(16)27/h3-9,25,27H,10-11H2,1-2H3,(H,24,26)/b22-9-. The quantitative estimate of drug-likeness (QED) is 0.336. The predicted octanol–water partition coefficient (Wildman–Crippen LogP) is 2.69. The van der Waals surface area contributed by atoms with Gasteiger partial charge in [-0.3, -0.25) is 9.78 Å². The van der Waals surface area contributed by atoms with E-state index in [1.165, 1.54) is 24.2 Å². The smallest absolute Gasteiger partial charge is 0.250 e. The van der Waals surface area contributed by atoms with Gasteiger partial charge in [0.2, 0.25) is 5.91 Å². The number of thioether (sulfide) groups is 1. The number of aromatic nitrogens is 2. The third-order valence-electron chi connectivity index (χ3n) is 4.16. The number of carbonyl (C=O) groups is 1. The number of aliphatic hydroxyl groups is 1. The average Bonchev–Trinajstić information content (AvgIpc) is 2.70. The molecule has 28 heavy (non-hydrogen) atoms. The van der Waals surface area contributed by atoms with Crippen molar-refractivity contribution in [2.24, 2.45) is 5.10 Å². The number of benzene rings is 1. The van der Waals surface area contributed by atoms with Gasteiger partial charge >= 0.3 is 0 Å². The molecule has 0 saturated heterocycles. The number of nitrogens with zero attached hydrogens (tertiary/aromatic N) is 3. The summed E-state index contributed by atoms with van der Waals surface area (Å²) in [4.78, 5) is 20.6. The van der Waals surface area contributed by atoms with Crippen molar-refractivity contribution < 1.29 is 15.0 Å². The van der Waals surface area contributed by atoms with Crippen molar-refractivity contribution >= 4 is 34.8 Å². The first kappa shape index (κ1) is 19.8. The molecule has 0 aliphatic heterocycles. The fourth-order valence-electron chi connectivity index (χ4n) is 2.66. The van der Waals surface area contributed by atoms with Gasteiger partial charge < -0.3 is 10.2 Å². The maximum Gasteiger partial charge on any atom is 0.250 e. The molecule has 0 bridgehead atoms. The minimum Gasteiger partial charge on any atom is -0.505 e. The van der Waals surface area contributed by atoms with Crippen LogP contribution < -0.4 is 5.43 Å². The molecule has 144 valence electrons. The van der Waals surface area contributed by atoms with Crippen molar-refractivity contribution in [3.05, 3.63) is 58.9 Å². The lowest BCUT2D eigenvalue weighted by molar-refractivity contribution is -0.118. The van der Waals surface area contributed by atoms with Gasteiger partial charge in [-0.2, -0.15) is 5.10 Å². The number of rotatable bonds is 6. The molecular formula is C20H20N4O3S. The highest BCUT2D eigenvalue weighted by Crippen LogP contribution is 2.24. The van der Waals surface area contributed by atoms with E-state index in [0.717, 1.165) is 21.5 Å². The van der Waals surface area contributed by atoms with Crippen LogP contribution in [0, 0.1) is 13.8 Å². The summed E-state index contributed by atoms with van der Waals surface area (Å²) in [6, 6.07) is 9.82. The first-order valence-electron chi connectivity index (χ1n) is 8.59. The molecule has 2 aromatic heterocycles. The summed E-state index contributed by atoms with van der Waals surface area (Å²) >= 11 is 1.32. The maximum atomic E-state index is 12.1. The molecule has 0 atom stereocenters. The molecule has 7 nitrogen and oxygen atoms in total. The molecule has 0 unspecified atom stereocenters. The Hall–Kier alpha value is -2.97. The summed E-state index contributed by atoms with van der Waals surface area (Å²) in [7, 11) is 0. The van der Waals surface area contributed by atoms with Gasteiger partial charge in [0.25, 0.3) is 0 Å². The number of pyridine rings is 2. The highest BCUT2D eigenvalue weighted by molar-refractivity contribution is 7.99. The summed E-state index contributed by atoms with van der Waals surface area (Å²) in [5.41, 5.74) is 5.58. The summed E-state index contributed by atoms with van der Waals surface area (Å²) in [6.45, 7) is 3.36. The fraction of sp³-hybridized carbons (Fsp3) is 0.200. The number of hydrogen-bond acceptors (Lipinski definition) is 7. The molecule has 1 aromatic carbocycles. The van der Waals surface area contributed by atoms with Crippen molar-refractivity contribution in [1.82, 2.24) is 15.4 Å². The zero-order valence-electron chi connectivity index (χ0n) is 15.5. The highest BCUT2D eigenvalue weighted by atomic mass is 32.2. The van der Waals surface area contributed by atoms with E-state index in [0.29, 0.717) is 16.8 Å². The Labute approximate surface area is 166 Å². The summed E-state index contributed by atoms with van der Waals surface area (Å²) in [5, 5.41) is 25.1. The Kier molecular flexibility index (Phi) is 6.23. The van der Waals surface area contributed by atoms with Gasteiger partial charge in [-0.1, -0.05) is 30.0 Å². The van der Waals surface area contributed by atoms with Gasteiger partial charge in [-0.25, -0.2) is 10.4 Å². The average molecular weight is 396 g/mol. The summed E-state index contributed by atoms with van der Waals surface area (Å²) in [6.07, 6.45) is 2.76. The lowest BCUT2D eigenvalue weighted by Gasteiger charge is -2.07. The van der Waals surface area contributed by atoms with Crippen LogP contribution in [0.1, 0.15) is 22.4 Å². The number of amides is 1. The van der Waals surface area contributed by atoms with Crippen molar-refractivity contribution in [3.8, 4) is 5.75 Å². The zero-order chi connectivity index (χ0) is 20.1. The van der Waals surface area contributed by atoms with Gasteiger partial charge in [-0.05, 0) is 31.5 Å². The third kappa shape index (κ3) is 4.47. The van der Waals surface area contributed by atoms with E-state index < -0.39 is 0 Å². The largest absolute Gasteiger partial charge is 0.505 e. The van der Waals surface area contributed by atoms with E-state index in [-0.39, 0.29) is 24.0 Å². The van der Waals surface area contributed by atoms with Crippen LogP contribution in [0.5, 0.6) is 5.75 Å². The number of hydrogen-bond donors (Lipinski definition) is 3. The molecule has 3 aromatic rings. The normalized spacial score (nSPS) is 11.2. The van der Waals surface area contributed by atoms with E-state index in [9.17, 15) is 15.0 Å². The zero-order valence-corrected chi connectivity index (χ0v) is 16.3. The van der Waals surface area contributed by atoms with Crippen LogP contribution in [0.15, 0.2) is 46.7 Å². The fourth-order valence-corrected chi connectivity index (χ4v) is 3.42. The van der Waals surface area contributed by atoms with Crippen LogP contribution in [-0.4, -0.2) is 38.1 Å². The predicted molar refractivity (Wildman–Crippen MR) is 110 cm³/mol. The molecule has 3 rings (SSSR count). The van der Waals surface area contributed by atoms with Gasteiger partial charge in [0, 0.05) is 22.7 Å². The molecule has 0 fully saturated rings. The Bertz CT molecular complexity index is 1050. The van der Waals surface area contributed by atoms with Crippen molar-refractivity contribution in [2.75, 3.05) is 5.75 Å². The number of carbonyl (C=O) groups excluding carboxylic acids is 1. The third-order valence-corrected chi connectivity index (χ3v) is 5.07. The number of aryl methyl sites for hydroxylation is 2. The van der Waals surface area contributed by atoms with E-state index >= 15 is 0 Å². The first-order valence-corrected chi connectivity index (χ1v) is 9.57. The van der Waals surface area contributed by atoms with E-state index in [4.69, 9.17) is 0 Å². The van der Waals surface area contributed by atoms with Crippen LogP contribution in [0.2, 0.25) is 0 Å². The van der Waals surface area contributed by atoms with Gasteiger partial charge in [0.1, 0.15) is 5.75 Å². The molecule has 1 amide bonds. The van der Waals surface area contributed by atoms with Gasteiger partial charge in [0.15, 0.2) is 0 Å². The van der Waals surface area contributed by atoms with Crippen molar-refractivity contribution in [2.45, 2.75) is 25.5 Å². The van der Waals surface area contributed by atoms with Crippen LogP contribution >= 0.6 is 11.8 Å². The minimum atomic E-state index is -0.301. The summed E-state index contributed by atoms with van der Waals surface area (Å²) < 4.78 is 0. The minimum absolute atomic E-state index is 0.0743. The second kappa shape index (κ2) is 8.81. The number of para-hydroxylation sites is 1. The number of nitrogens with one attached hydrogen (secondary N) is 1. The number of aromatic hydroxyl groups is 1. The first-order chi connectivity index (χ1) is 13.5. The Morgan fingerprint density at radius 2 is 2.11 bits per heavy atom. The molecule has 3 N–H and O–H groups in total. The van der Waals surface area contributed by atoms with Crippen LogP contribution in [0.25, 0.3) is 10.9 Å². The number of fused-ring (bicyclic) bond motifs is 1. The van der Waals surface area contributed by atoms with E-state index in [1.807, 2.05) is 37.3 Å². The molecule has 2 heterocycles. The summed E-state index contributed by atoms with van der Waals surface area (Å²) in [5.74, 6) is -0.226. The van der Waals surface area contributed by atoms with Crippen LogP contribution in [0.4, 0.5) is 0 Å². The monoisotopic (exact) mass is 396 g/mol. The molecular weight excluding hydrogens is 376 g/mol. The van der Waals surface area contributed by atoms with E-state index in [2.05, 4.69) is 20.5 Å². The number of hydrazone groups is 1. The van der Waals surface area contributed by atoms with E-state index in [1.54, 1.807) is 6.92 Å². The molecule has 0 saturated carbocycles. The van der Waals surface area contributed by atoms with Crippen molar-refractivity contribution in [1.29, 1.82) is 0 Å². The van der Waals surface area contributed by atoms with Gasteiger partial charge in [-0.15, -0.1) is 0 Å². The Balaban J connectivity index is 1.63.